The van der Waals surface area contributed by atoms with Gasteiger partial charge in [-0.25, -0.2) is 0 Å². The molecule has 4 nitrogen and oxygen atoms in total. The zero-order valence-corrected chi connectivity index (χ0v) is 11.1. The molecule has 1 aliphatic heterocycles. The van der Waals surface area contributed by atoms with Crippen LogP contribution in [-0.2, 0) is 13.1 Å². The van der Waals surface area contributed by atoms with Crippen LogP contribution in [0.25, 0.3) is 0 Å². The third-order valence-corrected chi connectivity index (χ3v) is 4.21. The molecule has 1 fully saturated rings. The fourth-order valence-electron chi connectivity index (χ4n) is 2.97. The van der Waals surface area contributed by atoms with Gasteiger partial charge in [-0.3, -0.25) is 4.79 Å². The highest BCUT2D eigenvalue weighted by atomic mass is 16.1. The maximum absolute atomic E-state index is 12.2. The number of carbonyl (C=O) groups is 1. The summed E-state index contributed by atoms with van der Waals surface area (Å²) in [5, 5.41) is 6.43. The molecule has 1 aromatic rings. The Labute approximate surface area is 113 Å². The Balaban J connectivity index is 1.64. The SMILES string of the molecule is NC1CCC(NC(=O)c2ccc3c(c2)CNC3)CC1. The van der Waals surface area contributed by atoms with Crippen LogP contribution in [0, 0.1) is 0 Å². The summed E-state index contributed by atoms with van der Waals surface area (Å²) in [4.78, 5) is 12.2. The number of benzene rings is 1. The van der Waals surface area contributed by atoms with E-state index >= 15 is 0 Å². The van der Waals surface area contributed by atoms with Crippen molar-refractivity contribution in [2.75, 3.05) is 0 Å². The molecule has 0 saturated heterocycles. The molecule has 1 aliphatic carbocycles. The Kier molecular flexibility index (Phi) is 3.53. The zero-order valence-electron chi connectivity index (χ0n) is 11.1. The Morgan fingerprint density at radius 3 is 2.68 bits per heavy atom. The van der Waals surface area contributed by atoms with Gasteiger partial charge < -0.3 is 16.4 Å². The van der Waals surface area contributed by atoms with Crippen molar-refractivity contribution in [2.45, 2.75) is 50.9 Å². The van der Waals surface area contributed by atoms with Gasteiger partial charge in [-0.15, -0.1) is 0 Å². The summed E-state index contributed by atoms with van der Waals surface area (Å²) in [5.74, 6) is 0.0511. The first kappa shape index (κ1) is 12.6. The minimum Gasteiger partial charge on any atom is -0.349 e. The van der Waals surface area contributed by atoms with Crippen molar-refractivity contribution in [1.29, 1.82) is 0 Å². The van der Waals surface area contributed by atoms with Crippen LogP contribution in [-0.4, -0.2) is 18.0 Å². The average Bonchev–Trinajstić information content (AvgIpc) is 2.88. The molecule has 0 aromatic heterocycles. The van der Waals surface area contributed by atoms with E-state index in [2.05, 4.69) is 16.7 Å². The minimum atomic E-state index is 0.0511. The first-order valence-electron chi connectivity index (χ1n) is 7.11. The quantitative estimate of drug-likeness (QED) is 0.749. The lowest BCUT2D eigenvalue weighted by atomic mass is 9.91. The molecule has 0 atom stereocenters. The Bertz CT molecular complexity index is 478. The summed E-state index contributed by atoms with van der Waals surface area (Å²) in [6.07, 6.45) is 4.02. The topological polar surface area (TPSA) is 67.1 Å². The molecule has 1 saturated carbocycles. The summed E-state index contributed by atoms with van der Waals surface area (Å²) in [6, 6.07) is 6.61. The molecule has 102 valence electrons. The molecular formula is C15H21N3O. The lowest BCUT2D eigenvalue weighted by molar-refractivity contribution is 0.0926. The molecule has 0 bridgehead atoms. The van der Waals surface area contributed by atoms with Crippen LogP contribution >= 0.6 is 0 Å². The van der Waals surface area contributed by atoms with E-state index in [1.54, 1.807) is 0 Å². The monoisotopic (exact) mass is 259 g/mol. The van der Waals surface area contributed by atoms with E-state index in [4.69, 9.17) is 5.73 Å². The first-order valence-corrected chi connectivity index (χ1v) is 7.11. The van der Waals surface area contributed by atoms with Crippen LogP contribution < -0.4 is 16.4 Å². The van der Waals surface area contributed by atoms with Gasteiger partial charge in [-0.1, -0.05) is 6.07 Å². The first-order chi connectivity index (χ1) is 9.22. The lowest BCUT2D eigenvalue weighted by Crippen LogP contribution is -2.40. The number of rotatable bonds is 2. The number of carbonyl (C=O) groups excluding carboxylic acids is 1. The van der Waals surface area contributed by atoms with Gasteiger partial charge in [0, 0.05) is 30.7 Å². The number of amides is 1. The molecule has 1 aromatic carbocycles. The second kappa shape index (κ2) is 5.31. The second-order valence-electron chi connectivity index (χ2n) is 5.67. The summed E-state index contributed by atoms with van der Waals surface area (Å²) >= 11 is 0. The summed E-state index contributed by atoms with van der Waals surface area (Å²) < 4.78 is 0. The van der Waals surface area contributed by atoms with Crippen molar-refractivity contribution < 1.29 is 4.79 Å². The molecule has 1 amide bonds. The van der Waals surface area contributed by atoms with Gasteiger partial charge in [0.25, 0.3) is 5.91 Å². The standard InChI is InChI=1S/C15H21N3O/c16-13-3-5-14(6-4-13)18-15(19)10-1-2-11-8-17-9-12(11)7-10/h1-2,7,13-14,17H,3-6,8-9,16H2,(H,18,19). The molecule has 1 heterocycles. The maximum Gasteiger partial charge on any atom is 0.251 e. The van der Waals surface area contributed by atoms with Gasteiger partial charge in [0.2, 0.25) is 0 Å². The second-order valence-corrected chi connectivity index (χ2v) is 5.67. The molecule has 19 heavy (non-hydrogen) atoms. The van der Waals surface area contributed by atoms with Gasteiger partial charge >= 0.3 is 0 Å². The molecule has 2 aliphatic rings. The highest BCUT2D eigenvalue weighted by Gasteiger charge is 2.21. The van der Waals surface area contributed by atoms with Gasteiger partial charge in [0.15, 0.2) is 0 Å². The van der Waals surface area contributed by atoms with Crippen molar-refractivity contribution in [3.05, 3.63) is 34.9 Å². The summed E-state index contributed by atoms with van der Waals surface area (Å²) in [6.45, 7) is 1.78. The van der Waals surface area contributed by atoms with Crippen LogP contribution in [0.3, 0.4) is 0 Å². The van der Waals surface area contributed by atoms with E-state index in [1.807, 2.05) is 12.1 Å². The van der Waals surface area contributed by atoms with Crippen molar-refractivity contribution in [2.24, 2.45) is 5.73 Å². The van der Waals surface area contributed by atoms with Crippen LogP contribution in [0.5, 0.6) is 0 Å². The van der Waals surface area contributed by atoms with E-state index in [1.165, 1.54) is 11.1 Å². The van der Waals surface area contributed by atoms with Gasteiger partial charge in [0.1, 0.15) is 0 Å². The van der Waals surface area contributed by atoms with Crippen LogP contribution in [0.15, 0.2) is 18.2 Å². The highest BCUT2D eigenvalue weighted by molar-refractivity contribution is 5.94. The van der Waals surface area contributed by atoms with Gasteiger partial charge in [-0.05, 0) is 48.9 Å². The Morgan fingerprint density at radius 2 is 1.89 bits per heavy atom. The van der Waals surface area contributed by atoms with E-state index in [-0.39, 0.29) is 5.91 Å². The third kappa shape index (κ3) is 2.80. The molecular weight excluding hydrogens is 238 g/mol. The van der Waals surface area contributed by atoms with Crippen molar-refractivity contribution in [3.8, 4) is 0 Å². The minimum absolute atomic E-state index is 0.0511. The van der Waals surface area contributed by atoms with Crippen molar-refractivity contribution >= 4 is 5.91 Å². The van der Waals surface area contributed by atoms with E-state index in [0.717, 1.165) is 44.3 Å². The third-order valence-electron chi connectivity index (χ3n) is 4.21. The van der Waals surface area contributed by atoms with Crippen LogP contribution in [0.1, 0.15) is 47.2 Å². The predicted molar refractivity (Wildman–Crippen MR) is 74.7 cm³/mol. The normalized spacial score (nSPS) is 25.9. The molecule has 0 spiro atoms. The smallest absolute Gasteiger partial charge is 0.251 e. The van der Waals surface area contributed by atoms with Crippen LogP contribution in [0.2, 0.25) is 0 Å². The molecule has 3 rings (SSSR count). The van der Waals surface area contributed by atoms with Crippen molar-refractivity contribution in [1.82, 2.24) is 10.6 Å². The van der Waals surface area contributed by atoms with E-state index in [0.29, 0.717) is 12.1 Å². The number of nitrogens with one attached hydrogen (secondary N) is 2. The fourth-order valence-corrected chi connectivity index (χ4v) is 2.97. The largest absolute Gasteiger partial charge is 0.349 e. The summed E-state index contributed by atoms with van der Waals surface area (Å²) in [7, 11) is 0. The number of hydrogen-bond acceptors (Lipinski definition) is 3. The number of hydrogen-bond donors (Lipinski definition) is 3. The molecule has 4 heteroatoms. The van der Waals surface area contributed by atoms with Crippen LogP contribution in [0.4, 0.5) is 0 Å². The molecule has 4 N–H and O–H groups in total. The van der Waals surface area contributed by atoms with Crippen molar-refractivity contribution in [3.63, 3.8) is 0 Å². The zero-order chi connectivity index (χ0) is 13.2. The maximum atomic E-state index is 12.2. The van der Waals surface area contributed by atoms with E-state index in [9.17, 15) is 4.79 Å². The Morgan fingerprint density at radius 1 is 1.16 bits per heavy atom. The lowest BCUT2D eigenvalue weighted by Gasteiger charge is -2.26. The summed E-state index contributed by atoms with van der Waals surface area (Å²) in [5.41, 5.74) is 9.21. The number of fused-ring (bicyclic) bond motifs is 1. The van der Waals surface area contributed by atoms with Gasteiger partial charge in [0.05, 0.1) is 0 Å². The highest BCUT2D eigenvalue weighted by Crippen LogP contribution is 2.19. The fraction of sp³-hybridized carbons (Fsp3) is 0.533. The predicted octanol–water partition coefficient (Wildman–Crippen LogP) is 1.29. The molecule has 0 unspecified atom stereocenters. The van der Waals surface area contributed by atoms with Gasteiger partial charge in [-0.2, -0.15) is 0 Å². The molecule has 0 radical (unpaired) electrons. The van der Waals surface area contributed by atoms with E-state index < -0.39 is 0 Å². The Hall–Kier alpha value is -1.39. The number of nitrogens with two attached hydrogens (primary N) is 1. The average molecular weight is 259 g/mol.